The number of hydrogen-bond acceptors (Lipinski definition) is 9. The van der Waals surface area contributed by atoms with E-state index in [1.165, 1.54) is 13.1 Å². The number of nitrogens with zero attached hydrogens (tertiary/aromatic N) is 3. The zero-order chi connectivity index (χ0) is 24.3. The number of benzene rings is 1. The van der Waals surface area contributed by atoms with Crippen LogP contribution in [0.5, 0.6) is 5.75 Å². The summed E-state index contributed by atoms with van der Waals surface area (Å²) in [6.45, 7) is 7.61. The third-order valence-corrected chi connectivity index (χ3v) is 5.45. The maximum absolute atomic E-state index is 12.6. The molecule has 176 valence electrons. The normalized spacial score (nSPS) is 12.3. The zero-order valence-corrected chi connectivity index (χ0v) is 19.9. The molecule has 4 N–H and O–H groups in total. The molecule has 1 aromatic carbocycles. The van der Waals surface area contributed by atoms with Crippen LogP contribution in [-0.2, 0) is 4.79 Å². The molecule has 3 aromatic rings. The number of aromatic nitrogens is 2. The highest BCUT2D eigenvalue weighted by Gasteiger charge is 2.31. The van der Waals surface area contributed by atoms with Crippen molar-refractivity contribution in [3.8, 4) is 5.75 Å². The zero-order valence-electron chi connectivity index (χ0n) is 19.0. The van der Waals surface area contributed by atoms with Crippen LogP contribution in [0.15, 0.2) is 34.7 Å². The Morgan fingerprint density at radius 3 is 2.48 bits per heavy atom. The van der Waals surface area contributed by atoms with E-state index in [9.17, 15) is 14.7 Å². The smallest absolute Gasteiger partial charge is 0.323 e. The standard InChI is InChI=1S/C22H27N5O5S/c1-12-9-10-15(32-12)18(22(2,3)4)24-20-19(25-33-26-20)23-14-8-6-7-13(17(14)30)21(31)27(5)11-16(28)29/h6-10,18,30H,11H2,1-5H3,(H,23,25)(H,24,26)(H,28,29)/t18-/m0/s1. The summed E-state index contributed by atoms with van der Waals surface area (Å²) >= 11 is 0.989. The number of phenolic OH excluding ortho intramolecular Hbond substituents is 1. The van der Waals surface area contributed by atoms with Gasteiger partial charge in [0, 0.05) is 7.05 Å². The van der Waals surface area contributed by atoms with E-state index in [1.807, 2.05) is 19.1 Å². The lowest BCUT2D eigenvalue weighted by molar-refractivity contribution is -0.137. The molecule has 2 heterocycles. The van der Waals surface area contributed by atoms with E-state index >= 15 is 0 Å². The van der Waals surface area contributed by atoms with E-state index in [-0.39, 0.29) is 28.5 Å². The van der Waals surface area contributed by atoms with Crippen molar-refractivity contribution in [2.45, 2.75) is 33.7 Å². The van der Waals surface area contributed by atoms with Crippen LogP contribution in [0, 0.1) is 12.3 Å². The predicted molar refractivity (Wildman–Crippen MR) is 125 cm³/mol. The highest BCUT2D eigenvalue weighted by atomic mass is 32.1. The number of carbonyl (C=O) groups is 2. The van der Waals surface area contributed by atoms with Crippen molar-refractivity contribution in [2.75, 3.05) is 24.2 Å². The number of rotatable bonds is 8. The molecular formula is C22H27N5O5S. The number of aliphatic carboxylic acids is 1. The number of phenols is 1. The van der Waals surface area contributed by atoms with Gasteiger partial charge in [-0.05, 0) is 36.6 Å². The van der Waals surface area contributed by atoms with Crippen LogP contribution in [0.4, 0.5) is 17.3 Å². The third-order valence-electron chi connectivity index (χ3n) is 4.92. The number of carboxylic acids is 1. The van der Waals surface area contributed by atoms with E-state index in [0.717, 1.165) is 28.1 Å². The molecule has 0 aliphatic heterocycles. The van der Waals surface area contributed by atoms with Gasteiger partial charge >= 0.3 is 5.97 Å². The maximum atomic E-state index is 12.6. The summed E-state index contributed by atoms with van der Waals surface area (Å²) in [5, 5.41) is 26.0. The van der Waals surface area contributed by atoms with Crippen LogP contribution in [0.2, 0.25) is 0 Å². The molecule has 11 heteroatoms. The van der Waals surface area contributed by atoms with Crippen molar-refractivity contribution in [3.05, 3.63) is 47.4 Å². The number of hydrogen-bond donors (Lipinski definition) is 4. The van der Waals surface area contributed by atoms with Crippen LogP contribution >= 0.6 is 11.7 Å². The summed E-state index contributed by atoms with van der Waals surface area (Å²) in [7, 11) is 1.35. The lowest BCUT2D eigenvalue weighted by atomic mass is 9.85. The molecule has 1 amide bonds. The predicted octanol–water partition coefficient (Wildman–Crippen LogP) is 4.24. The summed E-state index contributed by atoms with van der Waals surface area (Å²) < 4.78 is 14.5. The Hall–Kier alpha value is -3.60. The number of amides is 1. The highest BCUT2D eigenvalue weighted by molar-refractivity contribution is 6.99. The molecule has 10 nitrogen and oxygen atoms in total. The van der Waals surface area contributed by atoms with Gasteiger partial charge in [0.15, 0.2) is 17.4 Å². The SMILES string of the molecule is Cc1ccc([C@H](Nc2nsnc2Nc2cccc(C(=O)N(C)CC(=O)O)c2O)C(C)(C)C)o1. The Bertz CT molecular complexity index is 1150. The molecule has 0 aliphatic rings. The molecule has 0 fully saturated rings. The van der Waals surface area contributed by atoms with Crippen LogP contribution in [0.25, 0.3) is 0 Å². The van der Waals surface area contributed by atoms with Gasteiger partial charge in [-0.1, -0.05) is 26.8 Å². The van der Waals surface area contributed by atoms with Gasteiger partial charge in [0.05, 0.1) is 29.0 Å². The van der Waals surface area contributed by atoms with Gasteiger partial charge in [0.2, 0.25) is 0 Å². The number of aryl methyl sites for hydroxylation is 1. The Labute approximate surface area is 195 Å². The lowest BCUT2D eigenvalue weighted by Gasteiger charge is -2.30. The molecule has 0 saturated carbocycles. The average molecular weight is 474 g/mol. The second-order valence-electron chi connectivity index (χ2n) is 8.73. The van der Waals surface area contributed by atoms with Gasteiger partial charge in [0.25, 0.3) is 5.91 Å². The minimum atomic E-state index is -1.15. The first-order valence-corrected chi connectivity index (χ1v) is 10.9. The summed E-state index contributed by atoms with van der Waals surface area (Å²) in [6, 6.07) is 8.20. The molecule has 2 aromatic heterocycles. The molecule has 0 bridgehead atoms. The van der Waals surface area contributed by atoms with Gasteiger partial charge < -0.3 is 30.2 Å². The molecule has 0 aliphatic carbocycles. The fourth-order valence-electron chi connectivity index (χ4n) is 3.25. The van der Waals surface area contributed by atoms with Crippen molar-refractivity contribution >= 4 is 40.9 Å². The summed E-state index contributed by atoms with van der Waals surface area (Å²) in [6.07, 6.45) is 0. The summed E-state index contributed by atoms with van der Waals surface area (Å²) in [4.78, 5) is 24.5. The minimum Gasteiger partial charge on any atom is -0.505 e. The Kier molecular flexibility index (Phi) is 6.92. The van der Waals surface area contributed by atoms with Crippen LogP contribution < -0.4 is 10.6 Å². The number of para-hydroxylation sites is 1. The number of nitrogens with one attached hydrogen (secondary N) is 2. The Balaban J connectivity index is 1.86. The number of furan rings is 1. The lowest BCUT2D eigenvalue weighted by Crippen LogP contribution is -2.32. The number of anilines is 3. The van der Waals surface area contributed by atoms with E-state index in [4.69, 9.17) is 9.52 Å². The average Bonchev–Trinajstić information content (AvgIpc) is 3.34. The van der Waals surface area contributed by atoms with Gasteiger partial charge in [-0.2, -0.15) is 8.75 Å². The van der Waals surface area contributed by atoms with Crippen molar-refractivity contribution in [1.29, 1.82) is 0 Å². The van der Waals surface area contributed by atoms with Crippen molar-refractivity contribution in [2.24, 2.45) is 5.41 Å². The van der Waals surface area contributed by atoms with Crippen molar-refractivity contribution in [3.63, 3.8) is 0 Å². The molecule has 33 heavy (non-hydrogen) atoms. The van der Waals surface area contributed by atoms with Crippen molar-refractivity contribution in [1.82, 2.24) is 13.6 Å². The quantitative estimate of drug-likeness (QED) is 0.353. The summed E-state index contributed by atoms with van der Waals surface area (Å²) in [5.41, 5.74) is -0.00414. The first-order valence-electron chi connectivity index (χ1n) is 10.2. The van der Waals surface area contributed by atoms with Crippen molar-refractivity contribution < 1.29 is 24.2 Å². The first kappa shape index (κ1) is 24.1. The van der Waals surface area contributed by atoms with E-state index in [1.54, 1.807) is 12.1 Å². The molecule has 3 rings (SSSR count). The monoisotopic (exact) mass is 473 g/mol. The second-order valence-corrected chi connectivity index (χ2v) is 9.26. The third kappa shape index (κ3) is 5.61. The molecule has 0 unspecified atom stereocenters. The Morgan fingerprint density at radius 2 is 1.88 bits per heavy atom. The van der Waals surface area contributed by atoms with Crippen LogP contribution in [0.3, 0.4) is 0 Å². The molecule has 0 saturated heterocycles. The summed E-state index contributed by atoms with van der Waals surface area (Å²) in [5.74, 6) is 0.321. The minimum absolute atomic E-state index is 0.0277. The topological polar surface area (TPSA) is 141 Å². The molecule has 1 atom stereocenters. The van der Waals surface area contributed by atoms with Crippen LogP contribution in [-0.4, -0.2) is 49.3 Å². The van der Waals surface area contributed by atoms with Gasteiger partial charge in [-0.15, -0.1) is 0 Å². The highest BCUT2D eigenvalue weighted by Crippen LogP contribution is 2.39. The number of carbonyl (C=O) groups excluding carboxylic acids is 1. The fourth-order valence-corrected chi connectivity index (χ4v) is 3.73. The van der Waals surface area contributed by atoms with Gasteiger partial charge in [-0.3, -0.25) is 9.59 Å². The number of likely N-dealkylation sites (N-methyl/N-ethyl adjacent to an activating group) is 1. The maximum Gasteiger partial charge on any atom is 0.323 e. The molecule has 0 spiro atoms. The van der Waals surface area contributed by atoms with Gasteiger partial charge in [-0.25, -0.2) is 0 Å². The van der Waals surface area contributed by atoms with Gasteiger partial charge in [0.1, 0.15) is 18.1 Å². The van der Waals surface area contributed by atoms with Crippen LogP contribution in [0.1, 0.15) is 48.7 Å². The first-order chi connectivity index (χ1) is 15.5. The number of aromatic hydroxyl groups is 1. The molecular weight excluding hydrogens is 446 g/mol. The van der Waals surface area contributed by atoms with E-state index in [2.05, 4.69) is 40.2 Å². The second kappa shape index (κ2) is 9.49. The Morgan fingerprint density at radius 1 is 1.18 bits per heavy atom. The number of carboxylic acid groups (broad SMARTS) is 1. The van der Waals surface area contributed by atoms with E-state index in [0.29, 0.717) is 11.6 Å². The fraction of sp³-hybridized carbons (Fsp3) is 0.364. The molecule has 0 radical (unpaired) electrons. The van der Waals surface area contributed by atoms with E-state index < -0.39 is 18.4 Å². The largest absolute Gasteiger partial charge is 0.505 e.